The molecule has 2 heterocycles. The highest BCUT2D eigenvalue weighted by molar-refractivity contribution is 4.88. The van der Waals surface area contributed by atoms with Crippen LogP contribution in [0.15, 0.2) is 4.52 Å². The molecule has 1 aromatic heterocycles. The molecule has 1 aliphatic heterocycles. The molecule has 0 aromatic carbocycles. The van der Waals surface area contributed by atoms with Crippen molar-refractivity contribution in [2.45, 2.75) is 38.8 Å². The first-order chi connectivity index (χ1) is 8.83. The number of hydrogen-bond acceptors (Lipinski definition) is 6. The van der Waals surface area contributed by atoms with Gasteiger partial charge in [-0.2, -0.15) is 4.98 Å². The van der Waals surface area contributed by atoms with Gasteiger partial charge in [0, 0.05) is 13.0 Å². The molecule has 0 amide bonds. The number of ether oxygens (including phenoxy) is 1. The second kappa shape index (κ2) is 6.82. The maximum absolute atomic E-state index is 9.27. The van der Waals surface area contributed by atoms with E-state index in [1.807, 2.05) is 0 Å². The quantitative estimate of drug-likeness (QED) is 0.803. The average Bonchev–Trinajstić information content (AvgIpc) is 2.84. The van der Waals surface area contributed by atoms with Gasteiger partial charge in [0.1, 0.15) is 0 Å². The van der Waals surface area contributed by atoms with Gasteiger partial charge in [-0.05, 0) is 6.42 Å². The lowest BCUT2D eigenvalue weighted by Gasteiger charge is -2.33. The molecule has 1 N–H and O–H groups in total. The minimum atomic E-state index is 0.0322. The second-order valence-corrected chi connectivity index (χ2v) is 4.59. The SMILES string of the molecule is CCCCc1noc(CN2CCOCC2CO)n1. The first kappa shape index (κ1) is 13.5. The minimum Gasteiger partial charge on any atom is -0.395 e. The summed E-state index contributed by atoms with van der Waals surface area (Å²) in [6, 6.07) is 0.0322. The zero-order valence-electron chi connectivity index (χ0n) is 10.8. The van der Waals surface area contributed by atoms with Crippen molar-refractivity contribution in [3.63, 3.8) is 0 Å². The molecular formula is C12H21N3O3. The lowest BCUT2D eigenvalue weighted by Crippen LogP contribution is -2.46. The highest BCUT2D eigenvalue weighted by atomic mass is 16.5. The molecule has 1 aliphatic rings. The van der Waals surface area contributed by atoms with Crippen LogP contribution in [0.2, 0.25) is 0 Å². The topological polar surface area (TPSA) is 71.6 Å². The number of morpholine rings is 1. The third-order valence-corrected chi connectivity index (χ3v) is 3.16. The number of aryl methyl sites for hydroxylation is 1. The van der Waals surface area contributed by atoms with Crippen LogP contribution < -0.4 is 0 Å². The summed E-state index contributed by atoms with van der Waals surface area (Å²) in [5.74, 6) is 1.40. The van der Waals surface area contributed by atoms with Crippen LogP contribution in [0.4, 0.5) is 0 Å². The summed E-state index contributed by atoms with van der Waals surface area (Å²) in [6.45, 7) is 4.86. The van der Waals surface area contributed by atoms with Gasteiger partial charge in [0.15, 0.2) is 5.82 Å². The van der Waals surface area contributed by atoms with E-state index in [0.717, 1.165) is 31.6 Å². The van der Waals surface area contributed by atoms with Gasteiger partial charge >= 0.3 is 0 Å². The van der Waals surface area contributed by atoms with Crippen LogP contribution in [-0.2, 0) is 17.7 Å². The summed E-state index contributed by atoms with van der Waals surface area (Å²) >= 11 is 0. The van der Waals surface area contributed by atoms with E-state index in [0.29, 0.717) is 25.6 Å². The van der Waals surface area contributed by atoms with E-state index < -0.39 is 0 Å². The number of aliphatic hydroxyl groups is 1. The predicted octanol–water partition coefficient (Wildman–Crippen LogP) is 0.605. The molecule has 6 heteroatoms. The molecule has 18 heavy (non-hydrogen) atoms. The van der Waals surface area contributed by atoms with Gasteiger partial charge in [-0.15, -0.1) is 0 Å². The molecule has 6 nitrogen and oxygen atoms in total. The van der Waals surface area contributed by atoms with Gasteiger partial charge in [0.05, 0.1) is 32.4 Å². The van der Waals surface area contributed by atoms with Crippen molar-refractivity contribution < 1.29 is 14.4 Å². The largest absolute Gasteiger partial charge is 0.395 e. The van der Waals surface area contributed by atoms with Crippen molar-refractivity contribution in [2.24, 2.45) is 0 Å². The maximum Gasteiger partial charge on any atom is 0.240 e. The Labute approximate surface area is 107 Å². The molecule has 1 fully saturated rings. The van der Waals surface area contributed by atoms with Crippen molar-refractivity contribution in [1.82, 2.24) is 15.0 Å². The first-order valence-electron chi connectivity index (χ1n) is 6.57. The van der Waals surface area contributed by atoms with Crippen molar-refractivity contribution in [3.8, 4) is 0 Å². The number of rotatable bonds is 6. The Morgan fingerprint density at radius 3 is 3.17 bits per heavy atom. The smallest absolute Gasteiger partial charge is 0.240 e. The number of unbranched alkanes of at least 4 members (excludes halogenated alkanes) is 1. The Kier molecular flexibility index (Phi) is 5.10. The molecule has 0 saturated carbocycles. The standard InChI is InChI=1S/C12H21N3O3/c1-2-3-4-11-13-12(18-14-11)7-15-5-6-17-9-10(15)8-16/h10,16H,2-9H2,1H3. The van der Waals surface area contributed by atoms with E-state index in [1.165, 1.54) is 0 Å². The third kappa shape index (κ3) is 3.51. The van der Waals surface area contributed by atoms with Crippen molar-refractivity contribution in [1.29, 1.82) is 0 Å². The maximum atomic E-state index is 9.27. The zero-order valence-corrected chi connectivity index (χ0v) is 10.8. The van der Waals surface area contributed by atoms with Crippen molar-refractivity contribution in [2.75, 3.05) is 26.4 Å². The zero-order chi connectivity index (χ0) is 12.8. The van der Waals surface area contributed by atoms with Gasteiger partial charge in [0.25, 0.3) is 0 Å². The molecule has 1 unspecified atom stereocenters. The van der Waals surface area contributed by atoms with E-state index in [9.17, 15) is 5.11 Å². The molecule has 1 saturated heterocycles. The molecule has 1 aromatic rings. The summed E-state index contributed by atoms with van der Waals surface area (Å²) in [6.07, 6.45) is 3.07. The Hall–Kier alpha value is -0.980. The molecule has 102 valence electrons. The predicted molar refractivity (Wildman–Crippen MR) is 65.0 cm³/mol. The van der Waals surface area contributed by atoms with Crippen molar-refractivity contribution in [3.05, 3.63) is 11.7 Å². The summed E-state index contributed by atoms with van der Waals surface area (Å²) in [5, 5.41) is 13.2. The molecule has 0 spiro atoms. The van der Waals surface area contributed by atoms with Crippen LogP contribution in [0.3, 0.4) is 0 Å². The fourth-order valence-corrected chi connectivity index (χ4v) is 2.03. The van der Waals surface area contributed by atoms with Crippen LogP contribution in [0, 0.1) is 0 Å². The van der Waals surface area contributed by atoms with Crippen LogP contribution in [0.25, 0.3) is 0 Å². The van der Waals surface area contributed by atoms with Crippen LogP contribution >= 0.6 is 0 Å². The minimum absolute atomic E-state index is 0.0322. The van der Waals surface area contributed by atoms with Gasteiger partial charge in [-0.3, -0.25) is 4.90 Å². The van der Waals surface area contributed by atoms with Gasteiger partial charge in [-0.25, -0.2) is 0 Å². The van der Waals surface area contributed by atoms with E-state index in [4.69, 9.17) is 9.26 Å². The Morgan fingerprint density at radius 2 is 2.39 bits per heavy atom. The highest BCUT2D eigenvalue weighted by Crippen LogP contribution is 2.11. The fraction of sp³-hybridized carbons (Fsp3) is 0.833. The Morgan fingerprint density at radius 1 is 1.50 bits per heavy atom. The summed E-state index contributed by atoms with van der Waals surface area (Å²) in [7, 11) is 0. The normalized spacial score (nSPS) is 21.3. The van der Waals surface area contributed by atoms with Crippen LogP contribution in [0.1, 0.15) is 31.5 Å². The fourth-order valence-electron chi connectivity index (χ4n) is 2.03. The summed E-state index contributed by atoms with van der Waals surface area (Å²) in [5.41, 5.74) is 0. The monoisotopic (exact) mass is 255 g/mol. The summed E-state index contributed by atoms with van der Waals surface area (Å²) < 4.78 is 10.6. The molecule has 0 bridgehead atoms. The number of hydrogen-bond donors (Lipinski definition) is 1. The van der Waals surface area contributed by atoms with E-state index in [2.05, 4.69) is 22.0 Å². The lowest BCUT2D eigenvalue weighted by atomic mass is 10.2. The van der Waals surface area contributed by atoms with E-state index in [1.54, 1.807) is 0 Å². The number of aromatic nitrogens is 2. The Balaban J connectivity index is 1.89. The summed E-state index contributed by atoms with van der Waals surface area (Å²) in [4.78, 5) is 6.49. The van der Waals surface area contributed by atoms with E-state index >= 15 is 0 Å². The van der Waals surface area contributed by atoms with Gasteiger partial charge in [-0.1, -0.05) is 18.5 Å². The number of nitrogens with zero attached hydrogens (tertiary/aromatic N) is 3. The van der Waals surface area contributed by atoms with Crippen LogP contribution in [0.5, 0.6) is 0 Å². The first-order valence-corrected chi connectivity index (χ1v) is 6.57. The Bertz CT molecular complexity index is 356. The number of aliphatic hydroxyl groups excluding tert-OH is 1. The second-order valence-electron chi connectivity index (χ2n) is 4.59. The molecule has 2 rings (SSSR count). The lowest BCUT2D eigenvalue weighted by molar-refractivity contribution is -0.0348. The van der Waals surface area contributed by atoms with E-state index in [-0.39, 0.29) is 12.6 Å². The molecule has 1 atom stereocenters. The van der Waals surface area contributed by atoms with Crippen LogP contribution in [-0.4, -0.2) is 52.6 Å². The van der Waals surface area contributed by atoms with Gasteiger partial charge in [0.2, 0.25) is 5.89 Å². The molecular weight excluding hydrogens is 234 g/mol. The molecule has 0 radical (unpaired) electrons. The molecule has 0 aliphatic carbocycles. The third-order valence-electron chi connectivity index (χ3n) is 3.16. The van der Waals surface area contributed by atoms with Crippen molar-refractivity contribution >= 4 is 0 Å². The van der Waals surface area contributed by atoms with Gasteiger partial charge < -0.3 is 14.4 Å². The average molecular weight is 255 g/mol. The highest BCUT2D eigenvalue weighted by Gasteiger charge is 2.24.